The van der Waals surface area contributed by atoms with Crippen molar-refractivity contribution < 1.29 is 1.43 Å². The van der Waals surface area contributed by atoms with Gasteiger partial charge in [-0.2, -0.15) is 0 Å². The van der Waals surface area contributed by atoms with Gasteiger partial charge in [0.2, 0.25) is 0 Å². The molecule has 1 aliphatic heterocycles. The molecule has 0 saturated carbocycles. The smallest absolute Gasteiger partial charge is 0.0901 e. The first kappa shape index (κ1) is 11.4. The molecule has 0 aliphatic carbocycles. The molecular weight excluding hydrogens is 192 g/mol. The molecule has 0 bridgehead atoms. The first-order valence-electron chi connectivity index (χ1n) is 5.12. The van der Waals surface area contributed by atoms with Crippen molar-refractivity contribution in [3.8, 4) is 0 Å². The summed E-state index contributed by atoms with van der Waals surface area (Å²) in [6.07, 6.45) is 2.24. The maximum atomic E-state index is 4.44. The van der Waals surface area contributed by atoms with E-state index in [9.17, 15) is 0 Å². The number of rotatable bonds is 1. The molecule has 0 radical (unpaired) electrons. The quantitative estimate of drug-likeness (QED) is 0.773. The Morgan fingerprint density at radius 2 is 2.29 bits per heavy atom. The van der Waals surface area contributed by atoms with Crippen LogP contribution in [0.5, 0.6) is 0 Å². The standard InChI is InChI=1S/C9H12N2S.C2H6.H2/c1-6-3-8(4-10-6)9-5-12-7(2)11-9;1-2;/h3,5-6,10H,4H2,1-2H3;1-2H3;1H. The van der Waals surface area contributed by atoms with E-state index in [2.05, 4.69) is 28.7 Å². The predicted molar refractivity (Wildman–Crippen MR) is 65.8 cm³/mol. The van der Waals surface area contributed by atoms with E-state index in [4.69, 9.17) is 0 Å². The van der Waals surface area contributed by atoms with Crippen molar-refractivity contribution in [3.63, 3.8) is 0 Å². The molecule has 2 heterocycles. The number of aromatic nitrogens is 1. The van der Waals surface area contributed by atoms with Crippen LogP contribution in [0.4, 0.5) is 0 Å². The minimum absolute atomic E-state index is 0. The van der Waals surface area contributed by atoms with Gasteiger partial charge in [-0.15, -0.1) is 11.3 Å². The van der Waals surface area contributed by atoms with Gasteiger partial charge in [0, 0.05) is 19.4 Å². The van der Waals surface area contributed by atoms with Crippen molar-refractivity contribution in [2.75, 3.05) is 6.54 Å². The Labute approximate surface area is 91.6 Å². The van der Waals surface area contributed by atoms with Crippen LogP contribution in [0, 0.1) is 6.92 Å². The molecule has 0 aromatic carbocycles. The molecule has 0 spiro atoms. The molecule has 0 saturated heterocycles. The van der Waals surface area contributed by atoms with Crippen molar-refractivity contribution in [3.05, 3.63) is 22.2 Å². The van der Waals surface area contributed by atoms with Crippen LogP contribution in [0.25, 0.3) is 5.57 Å². The molecule has 1 aliphatic rings. The summed E-state index contributed by atoms with van der Waals surface area (Å²) in [5, 5.41) is 6.62. The summed E-state index contributed by atoms with van der Waals surface area (Å²) in [7, 11) is 0. The number of thiazole rings is 1. The summed E-state index contributed by atoms with van der Waals surface area (Å²) in [5.41, 5.74) is 2.49. The molecule has 80 valence electrons. The number of hydrogen-bond donors (Lipinski definition) is 1. The van der Waals surface area contributed by atoms with Gasteiger partial charge in [-0.05, 0) is 19.4 Å². The normalized spacial score (nSPS) is 20.0. The Hall–Kier alpha value is -0.670. The van der Waals surface area contributed by atoms with Crippen molar-refractivity contribution in [1.82, 2.24) is 10.3 Å². The number of nitrogens with one attached hydrogen (secondary N) is 1. The average Bonchev–Trinajstić information content (AvgIpc) is 2.78. The molecule has 1 unspecified atom stereocenters. The molecular formula is C11H20N2S. The fourth-order valence-electron chi connectivity index (χ4n) is 1.38. The summed E-state index contributed by atoms with van der Waals surface area (Å²) < 4.78 is 0. The third-order valence-corrected chi connectivity index (χ3v) is 2.79. The third kappa shape index (κ3) is 2.66. The SMILES string of the molecule is CC.Cc1nc(C2=CC(C)NC2)cs1.[HH]. The van der Waals surface area contributed by atoms with Gasteiger partial charge in [0.1, 0.15) is 0 Å². The first-order chi connectivity index (χ1) is 6.75. The molecule has 1 N–H and O–H groups in total. The van der Waals surface area contributed by atoms with Crippen LogP contribution in [-0.4, -0.2) is 17.6 Å². The highest BCUT2D eigenvalue weighted by Crippen LogP contribution is 2.20. The lowest BCUT2D eigenvalue weighted by Gasteiger charge is -1.95. The van der Waals surface area contributed by atoms with E-state index in [1.165, 1.54) is 5.57 Å². The summed E-state index contributed by atoms with van der Waals surface area (Å²) in [6.45, 7) is 9.16. The van der Waals surface area contributed by atoms with Gasteiger partial charge in [-0.25, -0.2) is 4.98 Å². The zero-order valence-electron chi connectivity index (χ0n) is 9.29. The van der Waals surface area contributed by atoms with E-state index in [0.29, 0.717) is 6.04 Å². The van der Waals surface area contributed by atoms with Crippen molar-refractivity contribution >= 4 is 16.9 Å². The van der Waals surface area contributed by atoms with Crippen LogP contribution < -0.4 is 5.32 Å². The van der Waals surface area contributed by atoms with Crippen molar-refractivity contribution in [1.29, 1.82) is 0 Å². The average molecular weight is 212 g/mol. The maximum Gasteiger partial charge on any atom is 0.0901 e. The predicted octanol–water partition coefficient (Wildman–Crippen LogP) is 3.10. The maximum absolute atomic E-state index is 4.44. The fraction of sp³-hybridized carbons (Fsp3) is 0.545. The second-order valence-corrected chi connectivity index (χ2v) is 4.18. The molecule has 0 fully saturated rings. The highest BCUT2D eigenvalue weighted by atomic mass is 32.1. The monoisotopic (exact) mass is 212 g/mol. The molecule has 0 amide bonds. The molecule has 1 aromatic rings. The van der Waals surface area contributed by atoms with Crippen LogP contribution >= 0.6 is 11.3 Å². The minimum Gasteiger partial charge on any atom is -0.307 e. The highest BCUT2D eigenvalue weighted by molar-refractivity contribution is 7.09. The lowest BCUT2D eigenvalue weighted by atomic mass is 10.2. The van der Waals surface area contributed by atoms with Gasteiger partial charge >= 0.3 is 0 Å². The molecule has 14 heavy (non-hydrogen) atoms. The fourth-order valence-corrected chi connectivity index (χ4v) is 2.01. The lowest BCUT2D eigenvalue weighted by Crippen LogP contribution is -2.17. The van der Waals surface area contributed by atoms with Gasteiger partial charge in [0.05, 0.1) is 10.7 Å². The van der Waals surface area contributed by atoms with Gasteiger partial charge in [-0.3, -0.25) is 0 Å². The summed E-state index contributed by atoms with van der Waals surface area (Å²) in [5.74, 6) is 0. The van der Waals surface area contributed by atoms with Gasteiger partial charge < -0.3 is 5.32 Å². The van der Waals surface area contributed by atoms with Crippen LogP contribution in [-0.2, 0) is 0 Å². The second kappa shape index (κ2) is 5.27. The summed E-state index contributed by atoms with van der Waals surface area (Å²) in [4.78, 5) is 4.44. The van der Waals surface area contributed by atoms with E-state index in [1.54, 1.807) is 11.3 Å². The zero-order valence-corrected chi connectivity index (χ0v) is 10.1. The van der Waals surface area contributed by atoms with E-state index in [0.717, 1.165) is 17.2 Å². The zero-order chi connectivity index (χ0) is 10.6. The lowest BCUT2D eigenvalue weighted by molar-refractivity contribution is 0.728. The Kier molecular flexibility index (Phi) is 4.29. The van der Waals surface area contributed by atoms with Gasteiger partial charge in [0.25, 0.3) is 0 Å². The molecule has 3 heteroatoms. The van der Waals surface area contributed by atoms with E-state index in [1.807, 2.05) is 20.8 Å². The molecule has 1 aromatic heterocycles. The third-order valence-electron chi connectivity index (χ3n) is 2.01. The molecule has 2 nitrogen and oxygen atoms in total. The molecule has 1 atom stereocenters. The van der Waals surface area contributed by atoms with Crippen LogP contribution in [0.1, 0.15) is 32.9 Å². The molecule has 2 rings (SSSR count). The van der Waals surface area contributed by atoms with Crippen molar-refractivity contribution in [2.45, 2.75) is 33.7 Å². The van der Waals surface area contributed by atoms with Gasteiger partial charge in [0.15, 0.2) is 0 Å². The minimum atomic E-state index is 0. The first-order valence-corrected chi connectivity index (χ1v) is 6.00. The van der Waals surface area contributed by atoms with E-state index >= 15 is 0 Å². The Morgan fingerprint density at radius 1 is 1.57 bits per heavy atom. The largest absolute Gasteiger partial charge is 0.307 e. The second-order valence-electron chi connectivity index (χ2n) is 3.11. The van der Waals surface area contributed by atoms with Crippen molar-refractivity contribution in [2.24, 2.45) is 0 Å². The van der Waals surface area contributed by atoms with E-state index in [-0.39, 0.29) is 1.43 Å². The Morgan fingerprint density at radius 3 is 2.71 bits per heavy atom. The highest BCUT2D eigenvalue weighted by Gasteiger charge is 2.13. The topological polar surface area (TPSA) is 24.9 Å². The number of hydrogen-bond acceptors (Lipinski definition) is 3. The van der Waals surface area contributed by atoms with Crippen LogP contribution in [0.15, 0.2) is 11.5 Å². The Balaban J connectivity index is 0.000000617. The Bertz CT molecular complexity index is 320. The van der Waals surface area contributed by atoms with Crippen LogP contribution in [0.2, 0.25) is 0 Å². The summed E-state index contributed by atoms with van der Waals surface area (Å²) in [6, 6.07) is 0.502. The summed E-state index contributed by atoms with van der Waals surface area (Å²) >= 11 is 1.71. The van der Waals surface area contributed by atoms with Crippen LogP contribution in [0.3, 0.4) is 0 Å². The number of aryl methyl sites for hydroxylation is 1. The van der Waals surface area contributed by atoms with E-state index < -0.39 is 0 Å². The number of nitrogens with zero attached hydrogens (tertiary/aromatic N) is 1. The van der Waals surface area contributed by atoms with Gasteiger partial charge in [-0.1, -0.05) is 19.9 Å².